The van der Waals surface area contributed by atoms with Crippen LogP contribution in [0.5, 0.6) is 0 Å². The van der Waals surface area contributed by atoms with Crippen LogP contribution in [-0.4, -0.2) is 30.6 Å². The molecule has 4 aliphatic carbocycles. The van der Waals surface area contributed by atoms with Gasteiger partial charge in [0.1, 0.15) is 12.4 Å². The molecule has 1 N–H and O–H groups in total. The lowest BCUT2D eigenvalue weighted by atomic mass is 9.74. The second-order valence-corrected chi connectivity index (χ2v) is 11.6. The summed E-state index contributed by atoms with van der Waals surface area (Å²) in [5.74, 6) is 0.471. The van der Waals surface area contributed by atoms with Gasteiger partial charge in [0.2, 0.25) is 0 Å². The molecule has 0 fully saturated rings. The molecule has 222 valence electrons. The molecule has 4 rings (SSSR count). The first-order valence-corrected chi connectivity index (χ1v) is 15.4. The number of aliphatic hydroxyl groups is 1. The van der Waals surface area contributed by atoms with E-state index in [0.29, 0.717) is 29.8 Å². The molecule has 0 saturated carbocycles. The van der Waals surface area contributed by atoms with E-state index in [1.165, 1.54) is 50.5 Å². The third-order valence-corrected chi connectivity index (χ3v) is 8.93. The highest BCUT2D eigenvalue weighted by atomic mass is 17.2. The topological polar surface area (TPSA) is 82.1 Å². The van der Waals surface area contributed by atoms with Crippen LogP contribution in [-0.2, 0) is 24.1 Å². The van der Waals surface area contributed by atoms with E-state index in [4.69, 9.17) is 14.7 Å². The maximum atomic E-state index is 11.6. The zero-order valence-electron chi connectivity index (χ0n) is 24.9. The summed E-state index contributed by atoms with van der Waals surface area (Å²) in [5, 5.41) is 8.82. The van der Waals surface area contributed by atoms with E-state index in [9.17, 15) is 9.59 Å². The third kappa shape index (κ3) is 8.22. The SMILES string of the molecule is CCCCCC1CC=C(C2C=CC(C3C=CC(C4C=C(OC)C=C(OOC(=O)C(=O)CO)C4)=CC3)=C(CC)C2)CC1. The molecule has 0 aromatic carbocycles. The molecule has 6 nitrogen and oxygen atoms in total. The Balaban J connectivity index is 1.35. The van der Waals surface area contributed by atoms with E-state index in [-0.39, 0.29) is 5.92 Å². The van der Waals surface area contributed by atoms with Crippen LogP contribution in [0.2, 0.25) is 0 Å². The highest BCUT2D eigenvalue weighted by Crippen LogP contribution is 2.41. The first-order valence-electron chi connectivity index (χ1n) is 15.4. The minimum absolute atomic E-state index is 0.00987. The van der Waals surface area contributed by atoms with Gasteiger partial charge in [-0.2, -0.15) is 0 Å². The summed E-state index contributed by atoms with van der Waals surface area (Å²) in [6.45, 7) is 3.64. The first kappa shape index (κ1) is 30.8. The molecule has 0 amide bonds. The number of methoxy groups -OCH3 is 1. The van der Waals surface area contributed by atoms with Gasteiger partial charge in [-0.25, -0.2) is 9.68 Å². The number of ether oxygens (including phenoxy) is 1. The summed E-state index contributed by atoms with van der Waals surface area (Å²) in [7, 11) is 1.57. The van der Waals surface area contributed by atoms with Gasteiger partial charge in [0, 0.05) is 30.3 Å². The van der Waals surface area contributed by atoms with Crippen molar-refractivity contribution in [2.24, 2.45) is 23.7 Å². The summed E-state index contributed by atoms with van der Waals surface area (Å²) in [6.07, 6.45) is 30.8. The molecular weight excluding hydrogens is 516 g/mol. The predicted octanol–water partition coefficient (Wildman–Crippen LogP) is 7.55. The van der Waals surface area contributed by atoms with Crippen LogP contribution in [0.3, 0.4) is 0 Å². The molecule has 4 unspecified atom stereocenters. The molecule has 6 heteroatoms. The second kappa shape index (κ2) is 15.2. The van der Waals surface area contributed by atoms with Crippen LogP contribution < -0.4 is 0 Å². The van der Waals surface area contributed by atoms with Crippen molar-refractivity contribution in [2.75, 3.05) is 13.7 Å². The number of carbonyl (C=O) groups is 2. The van der Waals surface area contributed by atoms with Crippen LogP contribution in [0.1, 0.15) is 84.5 Å². The van der Waals surface area contributed by atoms with Gasteiger partial charge in [-0.1, -0.05) is 87.1 Å². The first-order chi connectivity index (χ1) is 19.9. The van der Waals surface area contributed by atoms with Crippen LogP contribution >= 0.6 is 0 Å². The minimum atomic E-state index is -1.23. The van der Waals surface area contributed by atoms with Crippen molar-refractivity contribution in [2.45, 2.75) is 84.5 Å². The molecule has 41 heavy (non-hydrogen) atoms. The van der Waals surface area contributed by atoms with Crippen molar-refractivity contribution in [1.82, 2.24) is 0 Å². The van der Waals surface area contributed by atoms with Crippen molar-refractivity contribution >= 4 is 11.8 Å². The smallest absolute Gasteiger partial charge is 0.423 e. The van der Waals surface area contributed by atoms with Crippen molar-refractivity contribution < 1.29 is 29.2 Å². The number of aliphatic hydroxyl groups excluding tert-OH is 1. The Bertz CT molecular complexity index is 1180. The fourth-order valence-electron chi connectivity index (χ4n) is 6.45. The van der Waals surface area contributed by atoms with E-state index in [1.807, 2.05) is 6.08 Å². The van der Waals surface area contributed by atoms with Crippen LogP contribution in [0.4, 0.5) is 0 Å². The lowest BCUT2D eigenvalue weighted by Crippen LogP contribution is -2.21. The van der Waals surface area contributed by atoms with Gasteiger partial charge in [-0.15, -0.1) is 0 Å². The number of ketones is 1. The number of hydrogen-bond acceptors (Lipinski definition) is 6. The lowest BCUT2D eigenvalue weighted by Gasteiger charge is -2.31. The fraction of sp³-hybridized carbons (Fsp3) is 0.543. The summed E-state index contributed by atoms with van der Waals surface area (Å²) >= 11 is 0. The summed E-state index contributed by atoms with van der Waals surface area (Å²) < 4.78 is 5.44. The monoisotopic (exact) mass is 562 g/mol. The average Bonchev–Trinajstić information content (AvgIpc) is 3.03. The molecule has 0 saturated heterocycles. The lowest BCUT2D eigenvalue weighted by molar-refractivity contribution is -0.247. The zero-order chi connectivity index (χ0) is 29.2. The Labute approximate surface area is 245 Å². The molecule has 4 atom stereocenters. The van der Waals surface area contributed by atoms with E-state index in [0.717, 1.165) is 30.8 Å². The van der Waals surface area contributed by atoms with Crippen molar-refractivity contribution in [3.8, 4) is 0 Å². The van der Waals surface area contributed by atoms with E-state index in [2.05, 4.69) is 55.2 Å². The molecular formula is C35H46O6. The number of unbranched alkanes of at least 4 members (excludes halogenated alkanes) is 2. The van der Waals surface area contributed by atoms with Crippen LogP contribution in [0.15, 0.2) is 82.4 Å². The maximum Gasteiger partial charge on any atom is 0.423 e. The van der Waals surface area contributed by atoms with E-state index < -0.39 is 18.4 Å². The highest BCUT2D eigenvalue weighted by Gasteiger charge is 2.27. The highest BCUT2D eigenvalue weighted by molar-refractivity contribution is 6.33. The second-order valence-electron chi connectivity index (χ2n) is 11.6. The van der Waals surface area contributed by atoms with Gasteiger partial charge in [-0.3, -0.25) is 9.68 Å². The predicted molar refractivity (Wildman–Crippen MR) is 160 cm³/mol. The van der Waals surface area contributed by atoms with Gasteiger partial charge in [0.25, 0.3) is 5.78 Å². The molecule has 0 radical (unpaired) electrons. The van der Waals surface area contributed by atoms with Crippen molar-refractivity contribution in [3.63, 3.8) is 0 Å². The Morgan fingerprint density at radius 3 is 2.49 bits per heavy atom. The standard InChI is InChI=1S/C35H46O6/c1-4-6-7-8-24-9-11-26(12-10-24)29-17-18-33(25(5-2)19-29)28-15-13-27(14-16-28)30-20-31(39-3)22-32(21-30)40-41-35(38)34(37)23-36/h11,13-15,17-18,20,22,24,28-30,36H,4-10,12,16,19,21,23H2,1-3H3. The van der Waals surface area contributed by atoms with Gasteiger partial charge in [0.15, 0.2) is 5.76 Å². The number of carbonyl (C=O) groups excluding carboxylic acids is 2. The molecule has 0 bridgehead atoms. The molecule has 0 spiro atoms. The van der Waals surface area contributed by atoms with Gasteiger partial charge in [-0.05, 0) is 61.7 Å². The minimum Gasteiger partial charge on any atom is -0.497 e. The zero-order valence-corrected chi connectivity index (χ0v) is 24.9. The number of rotatable bonds is 13. The third-order valence-electron chi connectivity index (χ3n) is 8.93. The maximum absolute atomic E-state index is 11.6. The van der Waals surface area contributed by atoms with Crippen LogP contribution in [0, 0.1) is 23.7 Å². The number of allylic oxidation sites excluding steroid dienone is 13. The molecule has 0 heterocycles. The molecule has 0 aromatic heterocycles. The number of Topliss-reactive ketones (excluding diaryl/α,β-unsaturated/α-hetero) is 1. The Kier molecular flexibility index (Phi) is 11.4. The quantitative estimate of drug-likeness (QED) is 0.0821. The normalized spacial score (nSPS) is 26.0. The Hall–Kier alpha value is -3.12. The molecule has 0 aromatic rings. The van der Waals surface area contributed by atoms with Gasteiger partial charge < -0.3 is 9.84 Å². The largest absolute Gasteiger partial charge is 0.497 e. The summed E-state index contributed by atoms with van der Waals surface area (Å²) in [4.78, 5) is 32.6. The fourth-order valence-corrected chi connectivity index (χ4v) is 6.45. The van der Waals surface area contributed by atoms with Crippen molar-refractivity contribution in [3.05, 3.63) is 82.4 Å². The van der Waals surface area contributed by atoms with Crippen LogP contribution in [0.25, 0.3) is 0 Å². The van der Waals surface area contributed by atoms with Gasteiger partial charge in [0.05, 0.1) is 7.11 Å². The molecule has 4 aliphatic rings. The van der Waals surface area contributed by atoms with Gasteiger partial charge >= 0.3 is 5.97 Å². The van der Waals surface area contributed by atoms with E-state index >= 15 is 0 Å². The Morgan fingerprint density at radius 1 is 1.00 bits per heavy atom. The van der Waals surface area contributed by atoms with E-state index in [1.54, 1.807) is 24.3 Å². The average molecular weight is 563 g/mol. The number of hydrogen-bond donors (Lipinski definition) is 1. The van der Waals surface area contributed by atoms with Crippen molar-refractivity contribution in [1.29, 1.82) is 0 Å². The summed E-state index contributed by atoms with van der Waals surface area (Å²) in [6, 6.07) is 0. The molecule has 0 aliphatic heterocycles. The Morgan fingerprint density at radius 2 is 1.83 bits per heavy atom. The summed E-state index contributed by atoms with van der Waals surface area (Å²) in [5.41, 5.74) is 5.84.